The molecule has 0 aliphatic heterocycles. The van der Waals surface area contributed by atoms with Crippen molar-refractivity contribution in [3.05, 3.63) is 99.1 Å². The largest absolute Gasteiger partial charge is 0.457 e. The quantitative estimate of drug-likeness (QED) is 0.232. The first-order chi connectivity index (χ1) is 14.7. The fourth-order valence-corrected chi connectivity index (χ4v) is 4.05. The van der Waals surface area contributed by atoms with Crippen molar-refractivity contribution in [2.45, 2.75) is 25.3 Å². The van der Waals surface area contributed by atoms with Crippen LogP contribution in [0.2, 0.25) is 0 Å². The minimum Gasteiger partial charge on any atom is -0.457 e. The van der Waals surface area contributed by atoms with Crippen LogP contribution in [0.4, 0.5) is 5.69 Å². The maximum atomic E-state index is 12.8. The van der Waals surface area contributed by atoms with E-state index in [1.807, 2.05) is 0 Å². The van der Waals surface area contributed by atoms with Gasteiger partial charge >= 0.3 is 16.1 Å². The fraction of sp³-hybridized carbons (Fsp3) is 0.136. The van der Waals surface area contributed by atoms with E-state index >= 15 is 0 Å². The Balaban J connectivity index is 1.78. The average molecular weight is 441 g/mol. The number of carbonyl (C=O) groups excluding carboxylic acids is 1. The Labute approximate surface area is 179 Å². The van der Waals surface area contributed by atoms with Gasteiger partial charge in [0.2, 0.25) is 0 Å². The van der Waals surface area contributed by atoms with E-state index in [1.54, 1.807) is 38.1 Å². The first-order valence-corrected chi connectivity index (χ1v) is 10.6. The van der Waals surface area contributed by atoms with Crippen molar-refractivity contribution in [1.29, 1.82) is 0 Å². The van der Waals surface area contributed by atoms with E-state index in [2.05, 4.69) is 0 Å². The van der Waals surface area contributed by atoms with Crippen LogP contribution in [0, 0.1) is 24.0 Å². The number of esters is 1. The molecule has 31 heavy (non-hydrogen) atoms. The van der Waals surface area contributed by atoms with Crippen molar-refractivity contribution in [1.82, 2.24) is 0 Å². The lowest BCUT2D eigenvalue weighted by Gasteiger charge is -2.13. The minimum absolute atomic E-state index is 0.0153. The molecular formula is C22H19NO7S. The number of nitro benzene ring substituents is 1. The number of hydrogen-bond donors (Lipinski definition) is 0. The molecule has 0 bridgehead atoms. The van der Waals surface area contributed by atoms with Gasteiger partial charge < -0.3 is 8.92 Å². The van der Waals surface area contributed by atoms with Crippen LogP contribution in [-0.2, 0) is 21.5 Å². The molecule has 3 rings (SSSR count). The molecule has 3 aromatic rings. The Bertz CT molecular complexity index is 1230. The van der Waals surface area contributed by atoms with Gasteiger partial charge in [-0.15, -0.1) is 0 Å². The number of para-hydroxylation sites is 1. The second kappa shape index (κ2) is 8.97. The summed E-state index contributed by atoms with van der Waals surface area (Å²) in [7, 11) is -4.17. The molecule has 0 aromatic heterocycles. The SMILES string of the molecule is Cc1ccc(C)c(S(=O)(=O)Oc2ccccc2C(=O)OCc2ccc([N+](=O)[O-])cc2)c1. The number of benzene rings is 3. The van der Waals surface area contributed by atoms with Gasteiger partial charge in [0.1, 0.15) is 17.1 Å². The van der Waals surface area contributed by atoms with E-state index in [1.165, 1.54) is 42.5 Å². The van der Waals surface area contributed by atoms with E-state index in [0.717, 1.165) is 5.56 Å². The summed E-state index contributed by atoms with van der Waals surface area (Å²) in [5.41, 5.74) is 1.68. The van der Waals surface area contributed by atoms with Crippen LogP contribution in [0.25, 0.3) is 0 Å². The Morgan fingerprint density at radius 1 is 1.00 bits per heavy atom. The molecule has 0 spiro atoms. The van der Waals surface area contributed by atoms with Crippen LogP contribution in [0.5, 0.6) is 5.75 Å². The zero-order chi connectivity index (χ0) is 22.6. The molecule has 0 unspecified atom stereocenters. The molecular weight excluding hydrogens is 422 g/mol. The van der Waals surface area contributed by atoms with E-state index in [0.29, 0.717) is 11.1 Å². The molecule has 0 radical (unpaired) electrons. The van der Waals surface area contributed by atoms with Gasteiger partial charge in [0, 0.05) is 12.1 Å². The monoisotopic (exact) mass is 441 g/mol. The third-order valence-corrected chi connectivity index (χ3v) is 5.81. The summed E-state index contributed by atoms with van der Waals surface area (Å²) in [6.07, 6.45) is 0. The molecule has 0 N–H and O–H groups in total. The highest BCUT2D eigenvalue weighted by Gasteiger charge is 2.23. The summed E-state index contributed by atoms with van der Waals surface area (Å²) >= 11 is 0. The third kappa shape index (κ3) is 5.26. The van der Waals surface area contributed by atoms with Gasteiger partial charge in [-0.2, -0.15) is 8.42 Å². The van der Waals surface area contributed by atoms with Crippen molar-refractivity contribution in [3.63, 3.8) is 0 Å². The van der Waals surface area contributed by atoms with Crippen LogP contribution in [0.15, 0.2) is 71.6 Å². The normalized spacial score (nSPS) is 11.0. The van der Waals surface area contributed by atoms with Gasteiger partial charge in [-0.25, -0.2) is 4.79 Å². The van der Waals surface area contributed by atoms with Gasteiger partial charge in [-0.3, -0.25) is 10.1 Å². The van der Waals surface area contributed by atoms with Crippen molar-refractivity contribution in [3.8, 4) is 5.75 Å². The van der Waals surface area contributed by atoms with Crippen LogP contribution in [-0.4, -0.2) is 19.3 Å². The van der Waals surface area contributed by atoms with Crippen molar-refractivity contribution in [2.75, 3.05) is 0 Å². The third-order valence-electron chi connectivity index (χ3n) is 4.44. The predicted molar refractivity (Wildman–Crippen MR) is 112 cm³/mol. The lowest BCUT2D eigenvalue weighted by atomic mass is 10.2. The summed E-state index contributed by atoms with van der Waals surface area (Å²) in [5.74, 6) is -0.942. The van der Waals surface area contributed by atoms with Gasteiger partial charge in [-0.1, -0.05) is 24.3 Å². The number of nitro groups is 1. The van der Waals surface area contributed by atoms with Crippen molar-refractivity contribution < 1.29 is 27.1 Å². The van der Waals surface area contributed by atoms with Gasteiger partial charge in [0.15, 0.2) is 5.75 Å². The summed E-state index contributed by atoms with van der Waals surface area (Å²) in [6.45, 7) is 3.27. The first-order valence-electron chi connectivity index (χ1n) is 9.18. The highest BCUT2D eigenvalue weighted by molar-refractivity contribution is 7.87. The number of carbonyl (C=O) groups is 1. The molecule has 0 amide bonds. The highest BCUT2D eigenvalue weighted by Crippen LogP contribution is 2.26. The molecule has 0 heterocycles. The summed E-state index contributed by atoms with van der Waals surface area (Å²) < 4.78 is 36.1. The number of ether oxygens (including phenoxy) is 1. The smallest absolute Gasteiger partial charge is 0.342 e. The number of non-ortho nitro benzene ring substituents is 1. The fourth-order valence-electron chi connectivity index (χ4n) is 2.79. The number of hydrogen-bond acceptors (Lipinski definition) is 7. The van der Waals surface area contributed by atoms with Gasteiger partial charge in [0.05, 0.1) is 4.92 Å². The number of aryl methyl sites for hydroxylation is 2. The number of rotatable bonds is 7. The first kappa shape index (κ1) is 22.0. The molecule has 8 nitrogen and oxygen atoms in total. The van der Waals surface area contributed by atoms with E-state index in [9.17, 15) is 23.3 Å². The lowest BCUT2D eigenvalue weighted by Crippen LogP contribution is -2.15. The summed E-state index contributed by atoms with van der Waals surface area (Å²) in [4.78, 5) is 22.8. The zero-order valence-corrected chi connectivity index (χ0v) is 17.6. The second-order valence-corrected chi connectivity index (χ2v) is 8.32. The van der Waals surface area contributed by atoms with Crippen LogP contribution < -0.4 is 4.18 Å². The predicted octanol–water partition coefficient (Wildman–Crippen LogP) is 4.34. The molecule has 3 aromatic carbocycles. The molecule has 0 saturated heterocycles. The zero-order valence-electron chi connectivity index (χ0n) is 16.8. The Morgan fingerprint density at radius 2 is 1.68 bits per heavy atom. The van der Waals surface area contributed by atoms with E-state index in [-0.39, 0.29) is 28.5 Å². The second-order valence-electron chi connectivity index (χ2n) is 6.80. The standard InChI is InChI=1S/C22H19NO7S/c1-15-7-8-16(2)21(13-15)31(27,28)30-20-6-4-3-5-19(20)22(24)29-14-17-9-11-18(12-10-17)23(25)26/h3-13H,14H2,1-2H3. The van der Waals surface area contributed by atoms with Crippen LogP contribution in [0.3, 0.4) is 0 Å². The molecule has 0 aliphatic rings. The maximum Gasteiger partial charge on any atom is 0.342 e. The number of nitrogens with zero attached hydrogens (tertiary/aromatic N) is 1. The Hall–Kier alpha value is -3.72. The Morgan fingerprint density at radius 3 is 2.35 bits per heavy atom. The molecule has 0 fully saturated rings. The minimum atomic E-state index is -4.17. The maximum absolute atomic E-state index is 12.8. The van der Waals surface area contributed by atoms with E-state index < -0.39 is 21.0 Å². The molecule has 0 saturated carbocycles. The summed E-state index contributed by atoms with van der Waals surface area (Å²) in [6, 6.07) is 16.4. The topological polar surface area (TPSA) is 113 Å². The van der Waals surface area contributed by atoms with Gasteiger partial charge in [0.25, 0.3) is 5.69 Å². The van der Waals surface area contributed by atoms with Crippen LogP contribution in [0.1, 0.15) is 27.0 Å². The van der Waals surface area contributed by atoms with Crippen molar-refractivity contribution >= 4 is 21.8 Å². The summed E-state index contributed by atoms with van der Waals surface area (Å²) in [5, 5.41) is 10.7. The van der Waals surface area contributed by atoms with E-state index in [4.69, 9.17) is 8.92 Å². The highest BCUT2D eigenvalue weighted by atomic mass is 32.2. The van der Waals surface area contributed by atoms with Crippen molar-refractivity contribution in [2.24, 2.45) is 0 Å². The van der Waals surface area contributed by atoms with Crippen LogP contribution >= 0.6 is 0 Å². The van der Waals surface area contributed by atoms with Gasteiger partial charge in [-0.05, 0) is 60.9 Å². The molecule has 160 valence electrons. The Kier molecular flexibility index (Phi) is 6.36. The molecule has 0 aliphatic carbocycles. The molecule has 0 atom stereocenters. The molecule has 9 heteroatoms. The average Bonchev–Trinajstić information content (AvgIpc) is 2.74. The lowest BCUT2D eigenvalue weighted by molar-refractivity contribution is -0.384.